The Morgan fingerprint density at radius 2 is 2.00 bits per heavy atom. The molecule has 0 aliphatic heterocycles. The number of aryl methyl sites for hydroxylation is 1. The van der Waals surface area contributed by atoms with E-state index in [1.165, 1.54) is 10.5 Å². The van der Waals surface area contributed by atoms with Crippen molar-refractivity contribution < 1.29 is 8.42 Å². The maximum Gasteiger partial charge on any atom is 0.267 e. The van der Waals surface area contributed by atoms with Crippen LogP contribution in [0.15, 0.2) is 47.6 Å². The largest absolute Gasteiger partial charge is 0.320 e. The van der Waals surface area contributed by atoms with E-state index in [4.69, 9.17) is 0 Å². The van der Waals surface area contributed by atoms with E-state index < -0.39 is 10.0 Å². The third-order valence-electron chi connectivity index (χ3n) is 3.20. The maximum atomic E-state index is 12.5. The van der Waals surface area contributed by atoms with Gasteiger partial charge in [-0.2, -0.15) is 5.10 Å². The molecular weight excluding hydrogens is 288 g/mol. The summed E-state index contributed by atoms with van der Waals surface area (Å²) in [5.41, 5.74) is 0.625. The Labute approximate surface area is 125 Å². The van der Waals surface area contributed by atoms with Crippen molar-refractivity contribution in [2.24, 2.45) is 0 Å². The normalized spacial score (nSPS) is 11.5. The average molecular weight is 308 g/mol. The summed E-state index contributed by atoms with van der Waals surface area (Å²) in [4.78, 5) is 0.207. The number of benzene rings is 1. The van der Waals surface area contributed by atoms with Gasteiger partial charge in [-0.15, -0.1) is 0 Å². The standard InChI is InChI=1S/C14H20N4O2S/c1-15-9-6-10-18-12-14(11-16-18)21(19,20)17(2)13-7-4-3-5-8-13/h3-5,7-8,11-12,15H,6,9-10H2,1-2H3. The molecule has 0 atom stereocenters. The first-order valence-corrected chi connectivity index (χ1v) is 8.21. The number of nitrogens with one attached hydrogen (secondary N) is 1. The van der Waals surface area contributed by atoms with Gasteiger partial charge in [0.1, 0.15) is 4.90 Å². The summed E-state index contributed by atoms with van der Waals surface area (Å²) in [6.07, 6.45) is 3.87. The predicted molar refractivity (Wildman–Crippen MR) is 82.8 cm³/mol. The lowest BCUT2D eigenvalue weighted by Crippen LogP contribution is -2.26. The lowest BCUT2D eigenvalue weighted by molar-refractivity contribution is 0.560. The van der Waals surface area contributed by atoms with E-state index in [0.29, 0.717) is 12.2 Å². The molecule has 114 valence electrons. The van der Waals surface area contributed by atoms with Gasteiger partial charge in [-0.25, -0.2) is 8.42 Å². The highest BCUT2D eigenvalue weighted by atomic mass is 32.2. The monoisotopic (exact) mass is 308 g/mol. The van der Waals surface area contributed by atoms with Gasteiger partial charge in [0.25, 0.3) is 10.0 Å². The number of anilines is 1. The van der Waals surface area contributed by atoms with Gasteiger partial charge in [-0.3, -0.25) is 8.99 Å². The van der Waals surface area contributed by atoms with Crippen LogP contribution in [0.2, 0.25) is 0 Å². The zero-order chi connectivity index (χ0) is 15.3. The van der Waals surface area contributed by atoms with Crippen LogP contribution in [0.5, 0.6) is 0 Å². The minimum atomic E-state index is -3.57. The molecule has 21 heavy (non-hydrogen) atoms. The van der Waals surface area contributed by atoms with Gasteiger partial charge < -0.3 is 5.32 Å². The molecule has 0 spiro atoms. The zero-order valence-electron chi connectivity index (χ0n) is 12.2. The van der Waals surface area contributed by atoms with Gasteiger partial charge in [0.2, 0.25) is 0 Å². The Kier molecular flexibility index (Phi) is 4.98. The van der Waals surface area contributed by atoms with Gasteiger partial charge in [-0.05, 0) is 32.1 Å². The number of hydrogen-bond donors (Lipinski definition) is 1. The third-order valence-corrected chi connectivity index (χ3v) is 4.94. The SMILES string of the molecule is CNCCCn1cc(S(=O)(=O)N(C)c2ccccc2)cn1. The molecule has 1 heterocycles. The van der Waals surface area contributed by atoms with Crippen molar-refractivity contribution in [1.82, 2.24) is 15.1 Å². The molecule has 0 bridgehead atoms. The number of aromatic nitrogens is 2. The lowest BCUT2D eigenvalue weighted by Gasteiger charge is -2.18. The van der Waals surface area contributed by atoms with E-state index in [-0.39, 0.29) is 4.90 Å². The van der Waals surface area contributed by atoms with Gasteiger partial charge >= 0.3 is 0 Å². The molecular formula is C14H20N4O2S. The molecule has 0 unspecified atom stereocenters. The highest BCUT2D eigenvalue weighted by Gasteiger charge is 2.22. The van der Waals surface area contributed by atoms with E-state index in [0.717, 1.165) is 13.0 Å². The summed E-state index contributed by atoms with van der Waals surface area (Å²) in [7, 11) is -0.140. The van der Waals surface area contributed by atoms with Crippen LogP contribution in [0.1, 0.15) is 6.42 Å². The van der Waals surface area contributed by atoms with Crippen LogP contribution in [0.25, 0.3) is 0 Å². The van der Waals surface area contributed by atoms with Gasteiger partial charge in [0.05, 0.1) is 11.9 Å². The molecule has 7 heteroatoms. The molecule has 0 aliphatic carbocycles. The third kappa shape index (κ3) is 3.62. The van der Waals surface area contributed by atoms with Gasteiger partial charge in [0.15, 0.2) is 0 Å². The summed E-state index contributed by atoms with van der Waals surface area (Å²) in [5.74, 6) is 0. The van der Waals surface area contributed by atoms with Crippen LogP contribution in [0, 0.1) is 0 Å². The number of para-hydroxylation sites is 1. The Morgan fingerprint density at radius 3 is 2.67 bits per heavy atom. The van der Waals surface area contributed by atoms with Crippen LogP contribution in [0.3, 0.4) is 0 Å². The number of rotatable bonds is 7. The highest BCUT2D eigenvalue weighted by Crippen LogP contribution is 2.21. The number of sulfonamides is 1. The summed E-state index contributed by atoms with van der Waals surface area (Å²) in [6.45, 7) is 1.55. The molecule has 2 rings (SSSR count). The van der Waals surface area contributed by atoms with Gasteiger partial charge in [-0.1, -0.05) is 18.2 Å². The van der Waals surface area contributed by atoms with Crippen molar-refractivity contribution in [3.63, 3.8) is 0 Å². The van der Waals surface area contributed by atoms with Crippen molar-refractivity contribution in [3.05, 3.63) is 42.7 Å². The van der Waals surface area contributed by atoms with E-state index in [2.05, 4.69) is 10.4 Å². The van der Waals surface area contributed by atoms with Crippen LogP contribution in [0.4, 0.5) is 5.69 Å². The second-order valence-electron chi connectivity index (χ2n) is 4.70. The second kappa shape index (κ2) is 6.73. The molecule has 0 radical (unpaired) electrons. The summed E-state index contributed by atoms with van der Waals surface area (Å²) < 4.78 is 28.0. The van der Waals surface area contributed by atoms with Crippen molar-refractivity contribution >= 4 is 15.7 Å². The van der Waals surface area contributed by atoms with Crippen molar-refractivity contribution in [2.75, 3.05) is 24.9 Å². The zero-order valence-corrected chi connectivity index (χ0v) is 13.0. The van der Waals surface area contributed by atoms with Crippen LogP contribution >= 0.6 is 0 Å². The molecule has 1 aromatic carbocycles. The molecule has 0 fully saturated rings. The Morgan fingerprint density at radius 1 is 1.29 bits per heavy atom. The molecule has 0 amide bonds. The second-order valence-corrected chi connectivity index (χ2v) is 6.67. The van der Waals surface area contributed by atoms with E-state index in [1.54, 1.807) is 30.1 Å². The Bertz CT molecular complexity index is 667. The summed E-state index contributed by atoms with van der Waals surface area (Å²) in [6, 6.07) is 8.98. The topological polar surface area (TPSA) is 67.2 Å². The minimum Gasteiger partial charge on any atom is -0.320 e. The first-order valence-electron chi connectivity index (χ1n) is 6.77. The molecule has 0 saturated carbocycles. The molecule has 2 aromatic rings. The highest BCUT2D eigenvalue weighted by molar-refractivity contribution is 7.92. The lowest BCUT2D eigenvalue weighted by atomic mass is 10.3. The smallest absolute Gasteiger partial charge is 0.267 e. The first-order chi connectivity index (χ1) is 10.1. The quantitative estimate of drug-likeness (QED) is 0.783. The fourth-order valence-corrected chi connectivity index (χ4v) is 3.10. The molecule has 6 nitrogen and oxygen atoms in total. The minimum absolute atomic E-state index is 0.207. The molecule has 1 N–H and O–H groups in total. The summed E-state index contributed by atoms with van der Waals surface area (Å²) >= 11 is 0. The summed E-state index contributed by atoms with van der Waals surface area (Å²) in [5, 5.41) is 7.16. The van der Waals surface area contributed by atoms with E-state index in [1.807, 2.05) is 25.2 Å². The fourth-order valence-electron chi connectivity index (χ4n) is 1.95. The number of hydrogen-bond acceptors (Lipinski definition) is 4. The number of nitrogens with zero attached hydrogens (tertiary/aromatic N) is 3. The van der Waals surface area contributed by atoms with Crippen molar-refractivity contribution in [3.8, 4) is 0 Å². The predicted octanol–water partition coefficient (Wildman–Crippen LogP) is 1.32. The van der Waals surface area contributed by atoms with E-state index >= 15 is 0 Å². The average Bonchev–Trinajstić information content (AvgIpc) is 2.97. The maximum absolute atomic E-state index is 12.5. The molecule has 0 aliphatic rings. The van der Waals surface area contributed by atoms with Crippen LogP contribution < -0.4 is 9.62 Å². The fraction of sp³-hybridized carbons (Fsp3) is 0.357. The Balaban J connectivity index is 2.16. The van der Waals surface area contributed by atoms with E-state index in [9.17, 15) is 8.42 Å². The van der Waals surface area contributed by atoms with Crippen LogP contribution in [-0.2, 0) is 16.6 Å². The molecule has 0 saturated heterocycles. The first kappa shape index (κ1) is 15.5. The van der Waals surface area contributed by atoms with Crippen molar-refractivity contribution in [2.45, 2.75) is 17.9 Å². The van der Waals surface area contributed by atoms with Gasteiger partial charge in [0, 0.05) is 19.8 Å². The molecule has 1 aromatic heterocycles. The van der Waals surface area contributed by atoms with Crippen LogP contribution in [-0.4, -0.2) is 38.8 Å². The Hall–Kier alpha value is -1.86. The van der Waals surface area contributed by atoms with Crippen molar-refractivity contribution in [1.29, 1.82) is 0 Å².